The van der Waals surface area contributed by atoms with E-state index < -0.39 is 17.8 Å². The molecule has 1 aromatic heterocycles. The Morgan fingerprint density at radius 3 is 2.50 bits per heavy atom. The Labute approximate surface area is 112 Å². The monoisotopic (exact) mass is 283 g/mol. The Kier molecular flexibility index (Phi) is 3.01. The van der Waals surface area contributed by atoms with Gasteiger partial charge >= 0.3 is 6.18 Å². The number of alkyl halides is 3. The van der Waals surface area contributed by atoms with Crippen molar-refractivity contribution in [2.75, 3.05) is 0 Å². The second-order valence-electron chi connectivity index (χ2n) is 4.75. The smallest absolute Gasteiger partial charge is 0.385 e. The molecule has 1 unspecified atom stereocenters. The number of aryl methyl sites for hydroxylation is 1. The van der Waals surface area contributed by atoms with Gasteiger partial charge in [-0.25, -0.2) is 9.67 Å². The van der Waals surface area contributed by atoms with Gasteiger partial charge in [0.15, 0.2) is 11.6 Å². The van der Waals surface area contributed by atoms with Crippen LogP contribution in [0.3, 0.4) is 0 Å². The zero-order valence-corrected chi connectivity index (χ0v) is 10.4. The minimum Gasteiger partial charge on any atom is -0.385 e. The molecule has 1 aliphatic heterocycles. The number of hydrogen-bond acceptors (Lipinski definition) is 3. The van der Waals surface area contributed by atoms with Crippen LogP contribution in [0.15, 0.2) is 24.3 Å². The molecule has 106 valence electrons. The number of aliphatic hydroxyl groups is 1. The van der Waals surface area contributed by atoms with Gasteiger partial charge in [0.05, 0.1) is 5.56 Å². The van der Waals surface area contributed by atoms with Crippen LogP contribution in [0.1, 0.15) is 30.3 Å². The summed E-state index contributed by atoms with van der Waals surface area (Å²) >= 11 is 0. The Morgan fingerprint density at radius 1 is 1.20 bits per heavy atom. The van der Waals surface area contributed by atoms with E-state index >= 15 is 0 Å². The predicted octanol–water partition coefficient (Wildman–Crippen LogP) is 2.79. The van der Waals surface area contributed by atoms with Gasteiger partial charge in [-0.2, -0.15) is 18.3 Å². The third-order valence-electron chi connectivity index (χ3n) is 3.32. The van der Waals surface area contributed by atoms with E-state index in [0.717, 1.165) is 18.6 Å². The van der Waals surface area contributed by atoms with E-state index in [9.17, 15) is 18.3 Å². The maximum absolute atomic E-state index is 12.5. The fourth-order valence-electron chi connectivity index (χ4n) is 2.26. The number of benzene rings is 1. The number of fused-ring (bicyclic) bond motifs is 1. The highest BCUT2D eigenvalue weighted by Gasteiger charge is 2.30. The number of nitrogens with zero attached hydrogens (tertiary/aromatic N) is 3. The van der Waals surface area contributed by atoms with Gasteiger partial charge < -0.3 is 5.11 Å². The average molecular weight is 283 g/mol. The summed E-state index contributed by atoms with van der Waals surface area (Å²) in [5, 5.41) is 14.0. The molecule has 1 aliphatic rings. The molecule has 0 saturated carbocycles. The van der Waals surface area contributed by atoms with Crippen LogP contribution in [0.25, 0.3) is 11.4 Å². The van der Waals surface area contributed by atoms with E-state index in [0.29, 0.717) is 30.2 Å². The maximum atomic E-state index is 12.5. The topological polar surface area (TPSA) is 50.9 Å². The molecule has 4 nitrogen and oxygen atoms in total. The fraction of sp³-hybridized carbons (Fsp3) is 0.385. The number of aromatic nitrogens is 3. The number of hydrogen-bond donors (Lipinski definition) is 1. The van der Waals surface area contributed by atoms with E-state index in [-0.39, 0.29) is 0 Å². The minimum atomic E-state index is -4.35. The molecule has 0 spiro atoms. The highest BCUT2D eigenvalue weighted by Crippen LogP contribution is 2.31. The summed E-state index contributed by atoms with van der Waals surface area (Å²) in [6.45, 7) is 0.667. The molecule has 0 amide bonds. The van der Waals surface area contributed by atoms with Crippen LogP contribution in [0.2, 0.25) is 0 Å². The highest BCUT2D eigenvalue weighted by molar-refractivity contribution is 5.55. The summed E-state index contributed by atoms with van der Waals surface area (Å²) < 4.78 is 39.1. The van der Waals surface area contributed by atoms with Gasteiger partial charge in [0.2, 0.25) is 0 Å². The third kappa shape index (κ3) is 2.29. The second kappa shape index (κ2) is 4.59. The van der Waals surface area contributed by atoms with Crippen LogP contribution in [0.5, 0.6) is 0 Å². The zero-order valence-electron chi connectivity index (χ0n) is 10.4. The molecule has 2 heterocycles. The first-order valence-electron chi connectivity index (χ1n) is 6.25. The quantitative estimate of drug-likeness (QED) is 0.875. The molecule has 0 radical (unpaired) electrons. The number of halogens is 3. The van der Waals surface area contributed by atoms with E-state index in [1.807, 2.05) is 0 Å². The lowest BCUT2D eigenvalue weighted by Crippen LogP contribution is -2.16. The van der Waals surface area contributed by atoms with Crippen LogP contribution >= 0.6 is 0 Å². The maximum Gasteiger partial charge on any atom is 0.416 e. The van der Waals surface area contributed by atoms with Gasteiger partial charge in [0.25, 0.3) is 0 Å². The summed E-state index contributed by atoms with van der Waals surface area (Å²) in [5.41, 5.74) is -0.197. The number of aliphatic hydroxyl groups excluding tert-OH is 1. The van der Waals surface area contributed by atoms with Crippen LogP contribution in [-0.4, -0.2) is 19.9 Å². The lowest BCUT2D eigenvalue weighted by molar-refractivity contribution is -0.137. The van der Waals surface area contributed by atoms with Crippen LogP contribution in [0, 0.1) is 0 Å². The lowest BCUT2D eigenvalue weighted by Gasteiger charge is -2.16. The van der Waals surface area contributed by atoms with Crippen molar-refractivity contribution < 1.29 is 18.3 Å². The molecule has 1 aromatic carbocycles. The first-order valence-corrected chi connectivity index (χ1v) is 6.25. The molecule has 7 heteroatoms. The van der Waals surface area contributed by atoms with Gasteiger partial charge in [-0.05, 0) is 25.0 Å². The summed E-state index contributed by atoms with van der Waals surface area (Å²) in [6.07, 6.45) is -3.57. The van der Waals surface area contributed by atoms with Crippen molar-refractivity contribution in [2.24, 2.45) is 0 Å². The van der Waals surface area contributed by atoms with Crippen molar-refractivity contribution in [2.45, 2.75) is 31.7 Å². The predicted molar refractivity (Wildman–Crippen MR) is 64.7 cm³/mol. The standard InChI is InChI=1S/C13H12F3N3O/c14-13(15,16)9-5-3-8(4-6-9)11-17-12-10(20)2-1-7-19(12)18-11/h3-6,10,20H,1-2,7H2. The van der Waals surface area contributed by atoms with Crippen LogP contribution < -0.4 is 0 Å². The second-order valence-corrected chi connectivity index (χ2v) is 4.75. The third-order valence-corrected chi connectivity index (χ3v) is 3.32. The summed E-state index contributed by atoms with van der Waals surface area (Å²) in [7, 11) is 0. The fourth-order valence-corrected chi connectivity index (χ4v) is 2.26. The van der Waals surface area contributed by atoms with E-state index in [1.54, 1.807) is 4.68 Å². The normalized spacial score (nSPS) is 18.9. The first-order chi connectivity index (χ1) is 9.45. The Hall–Kier alpha value is -1.89. The highest BCUT2D eigenvalue weighted by atomic mass is 19.4. The molecule has 0 bridgehead atoms. The van der Waals surface area contributed by atoms with Crippen molar-refractivity contribution in [1.29, 1.82) is 0 Å². The minimum absolute atomic E-state index is 0.342. The molecule has 2 aromatic rings. The molecule has 0 fully saturated rings. The molecule has 0 saturated heterocycles. The average Bonchev–Trinajstić information content (AvgIpc) is 2.83. The molecule has 3 rings (SSSR count). The van der Waals surface area contributed by atoms with Crippen molar-refractivity contribution in [3.8, 4) is 11.4 Å². The molecule has 1 atom stereocenters. The van der Waals surface area contributed by atoms with Crippen molar-refractivity contribution in [3.05, 3.63) is 35.7 Å². The Bertz CT molecular complexity index is 619. The summed E-state index contributed by atoms with van der Waals surface area (Å²) in [5.74, 6) is 0.820. The van der Waals surface area contributed by atoms with Crippen LogP contribution in [-0.2, 0) is 12.7 Å². The van der Waals surface area contributed by atoms with Gasteiger partial charge in [-0.15, -0.1) is 0 Å². The van der Waals surface area contributed by atoms with Gasteiger partial charge in [-0.3, -0.25) is 0 Å². The molecule has 1 N–H and O–H groups in total. The van der Waals surface area contributed by atoms with Gasteiger partial charge in [0.1, 0.15) is 6.10 Å². The van der Waals surface area contributed by atoms with Gasteiger partial charge in [-0.1, -0.05) is 12.1 Å². The Balaban J connectivity index is 1.94. The zero-order chi connectivity index (χ0) is 14.3. The van der Waals surface area contributed by atoms with Crippen LogP contribution in [0.4, 0.5) is 13.2 Å². The summed E-state index contributed by atoms with van der Waals surface area (Å²) in [6, 6.07) is 4.70. The number of rotatable bonds is 1. The van der Waals surface area contributed by atoms with E-state index in [4.69, 9.17) is 0 Å². The SMILES string of the molecule is OC1CCCn2nc(-c3ccc(C(F)(F)F)cc3)nc21. The van der Waals surface area contributed by atoms with Crippen molar-refractivity contribution >= 4 is 0 Å². The van der Waals surface area contributed by atoms with Gasteiger partial charge in [0, 0.05) is 12.1 Å². The Morgan fingerprint density at radius 2 is 1.90 bits per heavy atom. The van der Waals surface area contributed by atoms with E-state index in [1.165, 1.54) is 12.1 Å². The lowest BCUT2D eigenvalue weighted by atomic mass is 10.1. The summed E-state index contributed by atoms with van der Waals surface area (Å²) in [4.78, 5) is 4.21. The molecule has 0 aliphatic carbocycles. The largest absolute Gasteiger partial charge is 0.416 e. The molecular formula is C13H12F3N3O. The van der Waals surface area contributed by atoms with Crippen molar-refractivity contribution in [3.63, 3.8) is 0 Å². The molecular weight excluding hydrogens is 271 g/mol. The first kappa shape index (κ1) is 13.1. The van der Waals surface area contributed by atoms with Crippen molar-refractivity contribution in [1.82, 2.24) is 14.8 Å². The molecule has 20 heavy (non-hydrogen) atoms. The van der Waals surface area contributed by atoms with E-state index in [2.05, 4.69) is 10.1 Å².